The Morgan fingerprint density at radius 1 is 1.17 bits per heavy atom. The smallest absolute Gasteiger partial charge is 0.341 e. The number of benzene rings is 3. The molecule has 3 aromatic rings. The zero-order chi connectivity index (χ0) is 25.1. The number of aryl methyl sites for hydroxylation is 1. The molecule has 2 unspecified atom stereocenters. The summed E-state index contributed by atoms with van der Waals surface area (Å²) in [5, 5.41) is 20.2. The molecular weight excluding hydrogens is 472 g/mol. The summed E-state index contributed by atoms with van der Waals surface area (Å²) in [5.41, 5.74) is 4.01. The number of carboxylic acids is 1. The van der Waals surface area contributed by atoms with Crippen molar-refractivity contribution in [3.63, 3.8) is 0 Å². The van der Waals surface area contributed by atoms with Crippen molar-refractivity contribution in [2.45, 2.75) is 32.2 Å². The van der Waals surface area contributed by atoms with Gasteiger partial charge in [-0.2, -0.15) is 0 Å². The molecule has 1 aliphatic rings. The Kier molecular flexibility index (Phi) is 7.13. The van der Waals surface area contributed by atoms with Gasteiger partial charge in [0.2, 0.25) is 0 Å². The summed E-state index contributed by atoms with van der Waals surface area (Å²) in [6, 6.07) is 16.6. The molecule has 0 radical (unpaired) electrons. The van der Waals surface area contributed by atoms with Crippen LogP contribution in [0.15, 0.2) is 60.7 Å². The van der Waals surface area contributed by atoms with Crippen molar-refractivity contribution in [2.75, 3.05) is 10.9 Å². The highest BCUT2D eigenvalue weighted by Crippen LogP contribution is 2.41. The lowest BCUT2D eigenvalue weighted by molar-refractivity contribution is -0.385. The molecule has 9 nitrogen and oxygen atoms in total. The molecule has 2 atom stereocenters. The van der Waals surface area contributed by atoms with Crippen LogP contribution in [0.1, 0.15) is 35.6 Å². The zero-order valence-corrected chi connectivity index (χ0v) is 19.7. The predicted molar refractivity (Wildman–Crippen MR) is 130 cm³/mol. The van der Waals surface area contributed by atoms with Gasteiger partial charge in [-0.05, 0) is 66.6 Å². The van der Waals surface area contributed by atoms with Crippen LogP contribution in [0.2, 0.25) is 0 Å². The molecule has 0 bridgehead atoms. The van der Waals surface area contributed by atoms with Gasteiger partial charge in [-0.25, -0.2) is 4.79 Å². The Hall–Kier alpha value is -3.76. The summed E-state index contributed by atoms with van der Waals surface area (Å²) in [6.07, 6.45) is 1.96. The van der Waals surface area contributed by atoms with Crippen molar-refractivity contribution in [1.29, 1.82) is 0 Å². The van der Waals surface area contributed by atoms with E-state index >= 15 is 0 Å². The van der Waals surface area contributed by atoms with Gasteiger partial charge in [0.25, 0.3) is 5.69 Å². The summed E-state index contributed by atoms with van der Waals surface area (Å²) in [5.74, 6) is -0.640. The molecule has 35 heavy (non-hydrogen) atoms. The van der Waals surface area contributed by atoms with Gasteiger partial charge >= 0.3 is 5.97 Å². The molecule has 0 spiro atoms. The van der Waals surface area contributed by atoms with E-state index in [0.717, 1.165) is 16.7 Å². The van der Waals surface area contributed by atoms with Crippen LogP contribution in [-0.4, -0.2) is 31.4 Å². The van der Waals surface area contributed by atoms with Gasteiger partial charge in [0.1, 0.15) is 5.75 Å². The summed E-state index contributed by atoms with van der Waals surface area (Å²) >= 11 is -2.58. The van der Waals surface area contributed by atoms with E-state index in [1.54, 1.807) is 55.5 Å². The SMILES string of the molecule is Cc1ccc(-c2ccc(N(C3CCCc4c(OCC(=O)O)cccc43)S(=O)[O-])cc2)cc1[N+](=O)[O-]. The number of fused-ring (bicyclic) bond motifs is 1. The second-order valence-corrected chi connectivity index (χ2v) is 9.09. The van der Waals surface area contributed by atoms with Crippen LogP contribution >= 0.6 is 0 Å². The van der Waals surface area contributed by atoms with Gasteiger partial charge in [-0.3, -0.25) is 18.6 Å². The molecule has 0 amide bonds. The summed E-state index contributed by atoms with van der Waals surface area (Å²) < 4.78 is 31.5. The van der Waals surface area contributed by atoms with Gasteiger partial charge in [0, 0.05) is 28.6 Å². The van der Waals surface area contributed by atoms with Gasteiger partial charge < -0.3 is 14.4 Å². The molecule has 182 valence electrons. The number of hydrogen-bond acceptors (Lipinski definition) is 6. The first kappa shape index (κ1) is 24.4. The fourth-order valence-electron chi connectivity index (χ4n) is 4.46. The number of aliphatic carboxylic acids is 1. The standard InChI is InChI=1S/C25H24N2O7S/c1-16-8-9-18(14-23(16)27(30)31)17-10-12-19(13-11-17)26(35(32)33)22-6-2-5-21-20(22)4-3-7-24(21)34-15-25(28)29/h3-4,7-14,22H,2,5-6,15H2,1H3,(H,28,29)(H,32,33)/p-1. The minimum absolute atomic E-state index is 0.0219. The number of nitrogens with zero attached hydrogens (tertiary/aromatic N) is 2. The molecule has 4 rings (SSSR count). The Morgan fingerprint density at radius 2 is 1.89 bits per heavy atom. The highest BCUT2D eigenvalue weighted by atomic mass is 32.2. The number of anilines is 1. The van der Waals surface area contributed by atoms with E-state index < -0.39 is 34.8 Å². The van der Waals surface area contributed by atoms with E-state index in [1.807, 2.05) is 6.07 Å². The van der Waals surface area contributed by atoms with Crippen LogP contribution < -0.4 is 9.04 Å². The molecule has 0 saturated carbocycles. The van der Waals surface area contributed by atoms with Gasteiger partial charge in [0.05, 0.1) is 11.0 Å². The van der Waals surface area contributed by atoms with E-state index in [0.29, 0.717) is 41.8 Å². The van der Waals surface area contributed by atoms with E-state index in [2.05, 4.69) is 0 Å². The van der Waals surface area contributed by atoms with Crippen LogP contribution in [0.25, 0.3) is 11.1 Å². The molecule has 0 fully saturated rings. The average molecular weight is 496 g/mol. The quantitative estimate of drug-likeness (QED) is 0.272. The van der Waals surface area contributed by atoms with Gasteiger partial charge in [0.15, 0.2) is 6.61 Å². The van der Waals surface area contributed by atoms with E-state index in [1.165, 1.54) is 10.4 Å². The fourth-order valence-corrected chi connectivity index (χ4v) is 5.19. The minimum Gasteiger partial charge on any atom is -0.755 e. The maximum atomic E-state index is 12.4. The zero-order valence-electron chi connectivity index (χ0n) is 18.9. The molecule has 0 saturated heterocycles. The van der Waals surface area contributed by atoms with Crippen LogP contribution in [0.4, 0.5) is 11.4 Å². The Morgan fingerprint density at radius 3 is 2.54 bits per heavy atom. The number of hydrogen-bond donors (Lipinski definition) is 1. The number of rotatable bonds is 8. The van der Waals surface area contributed by atoms with Crippen LogP contribution in [0, 0.1) is 17.0 Å². The van der Waals surface area contributed by atoms with E-state index in [9.17, 15) is 23.7 Å². The fraction of sp³-hybridized carbons (Fsp3) is 0.240. The Bertz CT molecular complexity index is 1290. The third-order valence-corrected chi connectivity index (χ3v) is 6.87. The van der Waals surface area contributed by atoms with Crippen LogP contribution in [0.5, 0.6) is 5.75 Å². The van der Waals surface area contributed by atoms with Crippen molar-refractivity contribution >= 4 is 28.6 Å². The van der Waals surface area contributed by atoms with Crippen molar-refractivity contribution in [3.8, 4) is 16.9 Å². The summed E-state index contributed by atoms with van der Waals surface area (Å²) in [7, 11) is 0. The molecule has 0 aromatic heterocycles. The lowest BCUT2D eigenvalue weighted by atomic mass is 9.87. The van der Waals surface area contributed by atoms with E-state index in [4.69, 9.17) is 9.84 Å². The predicted octanol–water partition coefficient (Wildman–Crippen LogP) is 4.71. The lowest BCUT2D eigenvalue weighted by Gasteiger charge is -2.38. The molecule has 1 N–H and O–H groups in total. The Balaban J connectivity index is 1.67. The first-order valence-electron chi connectivity index (χ1n) is 11.0. The normalized spacial score (nSPS) is 15.7. The first-order valence-corrected chi connectivity index (χ1v) is 12.0. The van der Waals surface area contributed by atoms with Crippen molar-refractivity contribution in [3.05, 3.63) is 87.5 Å². The molecule has 0 heterocycles. The maximum Gasteiger partial charge on any atom is 0.341 e. The maximum absolute atomic E-state index is 12.4. The van der Waals surface area contributed by atoms with Crippen molar-refractivity contribution in [2.24, 2.45) is 0 Å². The molecule has 3 aromatic carbocycles. The average Bonchev–Trinajstić information content (AvgIpc) is 2.83. The number of carboxylic acid groups (broad SMARTS) is 1. The van der Waals surface area contributed by atoms with Crippen molar-refractivity contribution < 1.29 is 28.3 Å². The highest BCUT2D eigenvalue weighted by molar-refractivity contribution is 7.80. The van der Waals surface area contributed by atoms with Gasteiger partial charge in [-0.15, -0.1) is 0 Å². The Labute approximate surface area is 204 Å². The number of nitro groups is 1. The third kappa shape index (κ3) is 5.18. The summed E-state index contributed by atoms with van der Waals surface area (Å²) in [6.45, 7) is 1.20. The second-order valence-electron chi connectivity index (χ2n) is 8.26. The van der Waals surface area contributed by atoms with E-state index in [-0.39, 0.29) is 5.69 Å². The third-order valence-electron chi connectivity index (χ3n) is 6.09. The second kappa shape index (κ2) is 10.2. The van der Waals surface area contributed by atoms with Crippen LogP contribution in [0.3, 0.4) is 0 Å². The molecule has 10 heteroatoms. The molecular formula is C25H23N2O7S-. The summed E-state index contributed by atoms with van der Waals surface area (Å²) in [4.78, 5) is 21.8. The molecule has 1 aliphatic carbocycles. The van der Waals surface area contributed by atoms with Crippen molar-refractivity contribution in [1.82, 2.24) is 0 Å². The monoisotopic (exact) mass is 495 g/mol. The highest BCUT2D eigenvalue weighted by Gasteiger charge is 2.29. The topological polar surface area (TPSA) is 133 Å². The van der Waals surface area contributed by atoms with Gasteiger partial charge in [-0.1, -0.05) is 36.4 Å². The number of carbonyl (C=O) groups is 1. The minimum atomic E-state index is -2.58. The largest absolute Gasteiger partial charge is 0.755 e. The first-order chi connectivity index (χ1) is 16.8. The number of nitro benzene ring substituents is 1. The lowest BCUT2D eigenvalue weighted by Crippen LogP contribution is -2.33. The van der Waals surface area contributed by atoms with Crippen LogP contribution in [-0.2, 0) is 22.5 Å². The molecule has 0 aliphatic heterocycles. The number of ether oxygens (including phenoxy) is 1.